The van der Waals surface area contributed by atoms with Crippen molar-refractivity contribution in [2.24, 2.45) is 0 Å². The van der Waals surface area contributed by atoms with Crippen molar-refractivity contribution in [1.29, 1.82) is 0 Å². The summed E-state index contributed by atoms with van der Waals surface area (Å²) >= 11 is 0. The van der Waals surface area contributed by atoms with Crippen molar-refractivity contribution in [2.45, 2.75) is 32.1 Å². The molecule has 0 radical (unpaired) electrons. The molecule has 18 heavy (non-hydrogen) atoms. The average Bonchev–Trinajstić information content (AvgIpc) is 2.84. The van der Waals surface area contributed by atoms with E-state index >= 15 is 0 Å². The molecule has 3 rings (SSSR count). The fourth-order valence-electron chi connectivity index (χ4n) is 2.90. The van der Waals surface area contributed by atoms with Crippen LogP contribution in [0.4, 0.5) is 10.1 Å². The average molecular weight is 247 g/mol. The van der Waals surface area contributed by atoms with Crippen LogP contribution in [0.15, 0.2) is 12.1 Å². The molecule has 1 aromatic rings. The van der Waals surface area contributed by atoms with Gasteiger partial charge in [-0.25, -0.2) is 4.39 Å². The number of hydrogen-bond donors (Lipinski definition) is 0. The summed E-state index contributed by atoms with van der Waals surface area (Å²) in [6.45, 7) is 2.47. The smallest absolute Gasteiger partial charge is 0.227 e. The number of ketones is 1. The van der Waals surface area contributed by atoms with Crippen LogP contribution < -0.4 is 4.90 Å². The van der Waals surface area contributed by atoms with Crippen molar-refractivity contribution in [2.75, 3.05) is 11.4 Å². The molecule has 1 amide bonds. The molecule has 1 heterocycles. The Bertz CT molecular complexity index is 553. The van der Waals surface area contributed by atoms with Crippen molar-refractivity contribution in [3.8, 4) is 0 Å². The zero-order valence-corrected chi connectivity index (χ0v) is 10.2. The lowest BCUT2D eigenvalue weighted by atomic mass is 10.0. The maximum atomic E-state index is 14.1. The number of Topliss-reactive ketones (excluding diaryl/α,β-unsaturated/α-hetero) is 1. The van der Waals surface area contributed by atoms with Gasteiger partial charge in [-0.3, -0.25) is 9.59 Å². The van der Waals surface area contributed by atoms with Gasteiger partial charge in [0.2, 0.25) is 5.91 Å². The maximum Gasteiger partial charge on any atom is 0.227 e. The van der Waals surface area contributed by atoms with Gasteiger partial charge in [-0.1, -0.05) is 6.92 Å². The first-order chi connectivity index (χ1) is 8.58. The molecule has 1 saturated heterocycles. The largest absolute Gasteiger partial charge is 0.312 e. The minimum Gasteiger partial charge on any atom is -0.312 e. The summed E-state index contributed by atoms with van der Waals surface area (Å²) < 4.78 is 14.1. The Kier molecular flexibility index (Phi) is 2.47. The minimum absolute atomic E-state index is 0.00726. The topological polar surface area (TPSA) is 37.4 Å². The third kappa shape index (κ3) is 1.55. The first-order valence-corrected chi connectivity index (χ1v) is 6.25. The van der Waals surface area contributed by atoms with Gasteiger partial charge < -0.3 is 4.90 Å². The second-order valence-electron chi connectivity index (χ2n) is 5.07. The maximum absolute atomic E-state index is 14.1. The fourth-order valence-corrected chi connectivity index (χ4v) is 2.90. The minimum atomic E-state index is -0.361. The molecule has 3 nitrogen and oxygen atoms in total. The van der Waals surface area contributed by atoms with Crippen LogP contribution >= 0.6 is 0 Å². The highest BCUT2D eigenvalue weighted by Crippen LogP contribution is 2.37. The number of rotatable bonds is 1. The predicted octanol–water partition coefficient (Wildman–Crippen LogP) is 2.64. The summed E-state index contributed by atoms with van der Waals surface area (Å²) in [5, 5.41) is 0. The second kappa shape index (κ2) is 3.90. The molecule has 0 aromatic heterocycles. The summed E-state index contributed by atoms with van der Waals surface area (Å²) in [5.74, 6) is -0.436. The van der Waals surface area contributed by atoms with E-state index in [1.807, 2.05) is 6.92 Å². The highest BCUT2D eigenvalue weighted by Gasteiger charge is 2.31. The Labute approximate surface area is 105 Å². The number of carbonyl (C=O) groups excluding carboxylic acids is 2. The number of carbonyl (C=O) groups is 2. The second-order valence-corrected chi connectivity index (χ2v) is 5.07. The van der Waals surface area contributed by atoms with E-state index in [-0.39, 0.29) is 23.4 Å². The predicted molar refractivity (Wildman–Crippen MR) is 65.3 cm³/mol. The molecule has 94 valence electrons. The van der Waals surface area contributed by atoms with E-state index in [9.17, 15) is 14.0 Å². The van der Waals surface area contributed by atoms with E-state index in [0.717, 1.165) is 6.42 Å². The lowest BCUT2D eigenvalue weighted by Crippen LogP contribution is -2.24. The van der Waals surface area contributed by atoms with Crippen molar-refractivity contribution in [3.63, 3.8) is 0 Å². The lowest BCUT2D eigenvalue weighted by molar-refractivity contribution is -0.117. The van der Waals surface area contributed by atoms with E-state index in [0.29, 0.717) is 36.2 Å². The zero-order chi connectivity index (χ0) is 12.9. The monoisotopic (exact) mass is 247 g/mol. The molecule has 2 aliphatic rings. The normalized spacial score (nSPS) is 22.8. The molecule has 1 fully saturated rings. The van der Waals surface area contributed by atoms with Crippen LogP contribution in [0.2, 0.25) is 0 Å². The van der Waals surface area contributed by atoms with Crippen LogP contribution in [-0.2, 0) is 4.79 Å². The van der Waals surface area contributed by atoms with Gasteiger partial charge in [0, 0.05) is 36.2 Å². The number of anilines is 1. The van der Waals surface area contributed by atoms with Crippen molar-refractivity contribution in [3.05, 3.63) is 29.1 Å². The lowest BCUT2D eigenvalue weighted by Gasteiger charge is -2.17. The first kappa shape index (κ1) is 11.4. The molecule has 0 spiro atoms. The van der Waals surface area contributed by atoms with Crippen molar-refractivity contribution in [1.82, 2.24) is 0 Å². The van der Waals surface area contributed by atoms with E-state index in [2.05, 4.69) is 0 Å². The Morgan fingerprint density at radius 2 is 2.11 bits per heavy atom. The van der Waals surface area contributed by atoms with Crippen LogP contribution in [0.3, 0.4) is 0 Å². The van der Waals surface area contributed by atoms with E-state index in [1.54, 1.807) is 11.0 Å². The number of benzene rings is 1. The summed E-state index contributed by atoms with van der Waals surface area (Å²) in [4.78, 5) is 25.0. The molecule has 0 bridgehead atoms. The van der Waals surface area contributed by atoms with Gasteiger partial charge in [-0.05, 0) is 24.5 Å². The summed E-state index contributed by atoms with van der Waals surface area (Å²) in [6, 6.07) is 3.06. The van der Waals surface area contributed by atoms with Crippen molar-refractivity contribution < 1.29 is 14.0 Å². The van der Waals surface area contributed by atoms with Crippen LogP contribution in [0, 0.1) is 5.82 Å². The molecule has 1 atom stereocenters. The Hall–Kier alpha value is -1.71. The molecule has 0 N–H and O–H groups in total. The van der Waals surface area contributed by atoms with Crippen LogP contribution in [-0.4, -0.2) is 18.2 Å². The zero-order valence-electron chi connectivity index (χ0n) is 10.2. The molecule has 0 saturated carbocycles. The first-order valence-electron chi connectivity index (χ1n) is 6.25. The summed E-state index contributed by atoms with van der Waals surface area (Å²) in [7, 11) is 0. The number of nitrogens with zero attached hydrogens (tertiary/aromatic N) is 1. The van der Waals surface area contributed by atoms with Crippen LogP contribution in [0.5, 0.6) is 0 Å². The molecule has 1 aliphatic carbocycles. The SMILES string of the molecule is CC1CC(=O)c2cc(N3CCCC3=O)cc(F)c21. The number of fused-ring (bicyclic) bond motifs is 1. The molecular formula is C14H14FNO2. The third-order valence-corrected chi connectivity index (χ3v) is 3.78. The number of amides is 1. The van der Waals surface area contributed by atoms with Gasteiger partial charge in [-0.2, -0.15) is 0 Å². The van der Waals surface area contributed by atoms with E-state index < -0.39 is 0 Å². The van der Waals surface area contributed by atoms with Gasteiger partial charge >= 0.3 is 0 Å². The van der Waals surface area contributed by atoms with Gasteiger partial charge in [0.05, 0.1) is 0 Å². The van der Waals surface area contributed by atoms with Crippen molar-refractivity contribution >= 4 is 17.4 Å². The number of hydrogen-bond acceptors (Lipinski definition) is 2. The standard InChI is InChI=1S/C14H14FNO2/c1-8-5-12(17)10-6-9(7-11(15)14(8)10)16-4-2-3-13(16)18/h6-8H,2-5H2,1H3. The molecular weight excluding hydrogens is 233 g/mol. The van der Waals surface area contributed by atoms with Gasteiger partial charge in [-0.15, -0.1) is 0 Å². The number of halogens is 1. The quantitative estimate of drug-likeness (QED) is 0.765. The Morgan fingerprint density at radius 3 is 2.78 bits per heavy atom. The third-order valence-electron chi connectivity index (χ3n) is 3.78. The van der Waals surface area contributed by atoms with Crippen LogP contribution in [0.25, 0.3) is 0 Å². The highest BCUT2D eigenvalue weighted by atomic mass is 19.1. The molecule has 4 heteroatoms. The Balaban J connectivity index is 2.09. The van der Waals surface area contributed by atoms with Gasteiger partial charge in [0.15, 0.2) is 5.78 Å². The summed E-state index contributed by atoms with van der Waals surface area (Å²) in [6.07, 6.45) is 1.66. The molecule has 1 aliphatic heterocycles. The van der Waals surface area contributed by atoms with Crippen LogP contribution in [0.1, 0.15) is 48.0 Å². The molecule has 1 unspecified atom stereocenters. The van der Waals surface area contributed by atoms with E-state index in [1.165, 1.54) is 6.07 Å². The van der Waals surface area contributed by atoms with E-state index in [4.69, 9.17) is 0 Å². The van der Waals surface area contributed by atoms with Gasteiger partial charge in [0.25, 0.3) is 0 Å². The Morgan fingerprint density at radius 1 is 1.33 bits per heavy atom. The summed E-state index contributed by atoms with van der Waals surface area (Å²) in [5.41, 5.74) is 1.49. The molecule has 1 aromatic carbocycles. The highest BCUT2D eigenvalue weighted by molar-refractivity contribution is 6.03. The fraction of sp³-hybridized carbons (Fsp3) is 0.429. The van der Waals surface area contributed by atoms with Gasteiger partial charge in [0.1, 0.15) is 5.82 Å².